The molecule has 13 rings (SSSR count). The molecule has 0 radical (unpaired) electrons. The monoisotopic (exact) mass is 961 g/mol. The van der Waals surface area contributed by atoms with Crippen LogP contribution in [0.4, 0.5) is 17.1 Å². The first-order valence-electron chi connectivity index (χ1n) is 26.5. The Morgan fingerprint density at radius 2 is 0.787 bits per heavy atom. The maximum atomic E-state index is 2.50. The van der Waals surface area contributed by atoms with Gasteiger partial charge in [0.05, 0.1) is 5.41 Å². The lowest BCUT2D eigenvalue weighted by molar-refractivity contribution is 0.590. The molecule has 0 aromatic heterocycles. The number of hydrogen-bond acceptors (Lipinski definition) is 1. The van der Waals surface area contributed by atoms with E-state index in [2.05, 4.69) is 306 Å². The summed E-state index contributed by atoms with van der Waals surface area (Å²) < 4.78 is 0. The van der Waals surface area contributed by atoms with Crippen molar-refractivity contribution in [3.63, 3.8) is 0 Å². The molecule has 0 aliphatic heterocycles. The number of hydrogen-bond donors (Lipinski definition) is 0. The highest BCUT2D eigenvalue weighted by atomic mass is 15.1. The standard InChI is InChI=1S/C74H59N/c1-72(2,3)56-38-33-52(34-39-56)70-62(55-24-20-23-53(47-55)50-21-10-6-11-22-50)44-46-68-71(70)64-43-37-54(48-69(64)74(68,57-25-12-7-13-26-57)58-27-14-8-15-28-58)51-35-40-60(41-36-51)75(59-29-16-9-17-30-59)61-42-45-67-65(49-61)63-31-18-19-32-66(63)73(67,4)5/h6-49H,1-5H3. The SMILES string of the molecule is CC(C)(C)c1ccc(-c2c(-c3cccc(-c4ccccc4)c3)ccc3c2-c2ccc(-c4ccc(N(c5ccccc5)c5ccc6c(c5)-c5ccccc5C6(C)C)cc4)cc2C3(c2ccccc2)c2ccccc2)cc1. The number of rotatable bonds is 9. The summed E-state index contributed by atoms with van der Waals surface area (Å²) in [6, 6.07) is 99.8. The normalized spacial score (nSPS) is 13.6. The van der Waals surface area contributed by atoms with Crippen molar-refractivity contribution in [1.29, 1.82) is 0 Å². The molecule has 0 fully saturated rings. The van der Waals surface area contributed by atoms with E-state index in [-0.39, 0.29) is 10.8 Å². The first-order chi connectivity index (χ1) is 36.6. The largest absolute Gasteiger partial charge is 0.310 e. The molecule has 2 aliphatic carbocycles. The van der Waals surface area contributed by atoms with Crippen molar-refractivity contribution in [2.24, 2.45) is 0 Å². The summed E-state index contributed by atoms with van der Waals surface area (Å²) in [5.74, 6) is 0. The molecule has 360 valence electrons. The highest BCUT2D eigenvalue weighted by Crippen LogP contribution is 2.61. The van der Waals surface area contributed by atoms with Gasteiger partial charge >= 0.3 is 0 Å². The third-order valence-corrected chi connectivity index (χ3v) is 16.3. The first kappa shape index (κ1) is 46.0. The minimum absolute atomic E-state index is 0.0206. The van der Waals surface area contributed by atoms with Crippen LogP contribution in [0, 0.1) is 0 Å². The van der Waals surface area contributed by atoms with Gasteiger partial charge < -0.3 is 4.90 Å². The molecule has 2 aliphatic rings. The van der Waals surface area contributed by atoms with Crippen molar-refractivity contribution in [3.8, 4) is 66.8 Å². The first-order valence-corrected chi connectivity index (χ1v) is 26.5. The van der Waals surface area contributed by atoms with Gasteiger partial charge in [-0.3, -0.25) is 0 Å². The topological polar surface area (TPSA) is 3.24 Å². The zero-order valence-corrected chi connectivity index (χ0v) is 43.4. The Morgan fingerprint density at radius 1 is 0.293 bits per heavy atom. The Labute approximate surface area is 443 Å². The highest BCUT2D eigenvalue weighted by molar-refractivity contribution is 6.03. The third kappa shape index (κ3) is 7.60. The lowest BCUT2D eigenvalue weighted by Crippen LogP contribution is -2.28. The van der Waals surface area contributed by atoms with Gasteiger partial charge in [-0.2, -0.15) is 0 Å². The second-order valence-corrected chi connectivity index (χ2v) is 22.0. The van der Waals surface area contributed by atoms with Crippen molar-refractivity contribution in [2.75, 3.05) is 4.90 Å². The summed E-state index contributed by atoms with van der Waals surface area (Å²) in [4.78, 5) is 2.40. The molecule has 1 heteroatoms. The average Bonchev–Trinajstić information content (AvgIpc) is 3.91. The van der Waals surface area contributed by atoms with Crippen LogP contribution in [0.15, 0.2) is 267 Å². The molecule has 0 heterocycles. The van der Waals surface area contributed by atoms with Crippen LogP contribution in [0.5, 0.6) is 0 Å². The van der Waals surface area contributed by atoms with E-state index in [1.807, 2.05) is 0 Å². The zero-order valence-electron chi connectivity index (χ0n) is 43.4. The van der Waals surface area contributed by atoms with E-state index in [0.717, 1.165) is 17.1 Å². The fourth-order valence-electron chi connectivity index (χ4n) is 12.6. The molecular weight excluding hydrogens is 903 g/mol. The number of para-hydroxylation sites is 1. The molecule has 0 amide bonds. The minimum Gasteiger partial charge on any atom is -0.310 e. The summed E-state index contributed by atoms with van der Waals surface area (Å²) in [5, 5.41) is 0. The van der Waals surface area contributed by atoms with Crippen LogP contribution in [0.1, 0.15) is 73.6 Å². The van der Waals surface area contributed by atoms with Crippen molar-refractivity contribution in [3.05, 3.63) is 306 Å². The van der Waals surface area contributed by atoms with Crippen LogP contribution in [0.25, 0.3) is 66.8 Å². The van der Waals surface area contributed by atoms with E-state index < -0.39 is 5.41 Å². The molecule has 0 saturated carbocycles. The summed E-state index contributed by atoms with van der Waals surface area (Å²) in [6.45, 7) is 11.6. The maximum absolute atomic E-state index is 2.50. The van der Waals surface area contributed by atoms with Gasteiger partial charge in [0.25, 0.3) is 0 Å². The molecule has 11 aromatic rings. The van der Waals surface area contributed by atoms with Crippen LogP contribution >= 0.6 is 0 Å². The predicted molar refractivity (Wildman–Crippen MR) is 316 cm³/mol. The lowest BCUT2D eigenvalue weighted by Gasteiger charge is -2.34. The molecule has 1 nitrogen and oxygen atoms in total. The summed E-state index contributed by atoms with van der Waals surface area (Å²) in [7, 11) is 0. The van der Waals surface area contributed by atoms with Gasteiger partial charge in [-0.25, -0.2) is 0 Å². The van der Waals surface area contributed by atoms with Gasteiger partial charge in [0.15, 0.2) is 0 Å². The van der Waals surface area contributed by atoms with E-state index in [9.17, 15) is 0 Å². The van der Waals surface area contributed by atoms with Crippen LogP contribution in [-0.4, -0.2) is 0 Å². The van der Waals surface area contributed by atoms with Gasteiger partial charge in [-0.1, -0.05) is 253 Å². The number of nitrogens with zero attached hydrogens (tertiary/aromatic N) is 1. The van der Waals surface area contributed by atoms with E-state index in [1.54, 1.807) is 0 Å². The van der Waals surface area contributed by atoms with Crippen molar-refractivity contribution in [2.45, 2.75) is 50.9 Å². The minimum atomic E-state index is -0.613. The van der Waals surface area contributed by atoms with Crippen LogP contribution < -0.4 is 4.90 Å². The number of fused-ring (bicyclic) bond motifs is 6. The van der Waals surface area contributed by atoms with Crippen LogP contribution in [0.3, 0.4) is 0 Å². The van der Waals surface area contributed by atoms with Gasteiger partial charge in [-0.05, 0) is 160 Å². The smallest absolute Gasteiger partial charge is 0.0714 e. The van der Waals surface area contributed by atoms with E-state index in [0.29, 0.717) is 0 Å². The lowest BCUT2D eigenvalue weighted by atomic mass is 9.67. The van der Waals surface area contributed by atoms with Crippen molar-refractivity contribution < 1.29 is 0 Å². The summed E-state index contributed by atoms with van der Waals surface area (Å²) in [6.07, 6.45) is 0. The average molecular weight is 962 g/mol. The zero-order chi connectivity index (χ0) is 50.9. The second-order valence-electron chi connectivity index (χ2n) is 22.0. The van der Waals surface area contributed by atoms with E-state index in [1.165, 1.54) is 106 Å². The quantitative estimate of drug-likeness (QED) is 0.139. The number of benzene rings is 11. The fraction of sp³-hybridized carbons (Fsp3) is 0.108. The van der Waals surface area contributed by atoms with Gasteiger partial charge in [0.2, 0.25) is 0 Å². The van der Waals surface area contributed by atoms with Crippen molar-refractivity contribution in [1.82, 2.24) is 0 Å². The predicted octanol–water partition coefficient (Wildman–Crippen LogP) is 19.8. The Morgan fingerprint density at radius 3 is 1.47 bits per heavy atom. The fourth-order valence-corrected chi connectivity index (χ4v) is 12.6. The molecule has 11 aromatic carbocycles. The van der Waals surface area contributed by atoms with E-state index in [4.69, 9.17) is 0 Å². The molecule has 75 heavy (non-hydrogen) atoms. The molecule has 0 unspecified atom stereocenters. The van der Waals surface area contributed by atoms with Gasteiger partial charge in [0.1, 0.15) is 0 Å². The Kier molecular flexibility index (Phi) is 11.1. The Bertz CT molecular complexity index is 3860. The van der Waals surface area contributed by atoms with Gasteiger partial charge in [0, 0.05) is 22.5 Å². The summed E-state index contributed by atoms with van der Waals surface area (Å²) >= 11 is 0. The molecule has 0 spiro atoms. The van der Waals surface area contributed by atoms with Crippen LogP contribution in [0.2, 0.25) is 0 Å². The van der Waals surface area contributed by atoms with Crippen LogP contribution in [-0.2, 0) is 16.2 Å². The summed E-state index contributed by atoms with van der Waals surface area (Å²) in [5.41, 5.74) is 26.7. The number of anilines is 3. The second kappa shape index (κ2) is 18.0. The molecule has 0 atom stereocenters. The highest BCUT2D eigenvalue weighted by Gasteiger charge is 2.48. The van der Waals surface area contributed by atoms with Gasteiger partial charge in [-0.15, -0.1) is 0 Å². The molecular formula is C74H59N. The molecule has 0 N–H and O–H groups in total. The molecule has 0 bridgehead atoms. The Balaban J connectivity index is 1.00. The van der Waals surface area contributed by atoms with E-state index >= 15 is 0 Å². The van der Waals surface area contributed by atoms with Crippen molar-refractivity contribution >= 4 is 17.1 Å². The third-order valence-electron chi connectivity index (χ3n) is 16.3. The molecule has 0 saturated heterocycles. The Hall–Kier alpha value is -8.78. The maximum Gasteiger partial charge on any atom is 0.0714 e.